The molecule has 186 valence electrons. The van der Waals surface area contributed by atoms with E-state index < -0.39 is 47.1 Å². The van der Waals surface area contributed by atoms with Gasteiger partial charge >= 0.3 is 6.18 Å². The second kappa shape index (κ2) is 12.2. The summed E-state index contributed by atoms with van der Waals surface area (Å²) in [6.07, 6.45) is -3.76. The first-order valence-corrected chi connectivity index (χ1v) is 11.1. The van der Waals surface area contributed by atoms with Crippen molar-refractivity contribution in [1.82, 2.24) is 0 Å². The maximum Gasteiger partial charge on any atom is 0.454 e. The summed E-state index contributed by atoms with van der Waals surface area (Å²) >= 11 is 0. The van der Waals surface area contributed by atoms with Crippen molar-refractivity contribution in [2.45, 2.75) is 77.6 Å². The molecule has 0 aromatic heterocycles. The van der Waals surface area contributed by atoms with Crippen LogP contribution in [0.3, 0.4) is 0 Å². The lowest BCUT2D eigenvalue weighted by Gasteiger charge is -2.29. The van der Waals surface area contributed by atoms with Crippen LogP contribution in [0.1, 0.15) is 75.2 Å². The van der Waals surface area contributed by atoms with Gasteiger partial charge in [-0.1, -0.05) is 40.2 Å². The highest BCUT2D eigenvalue weighted by Crippen LogP contribution is 2.32. The van der Waals surface area contributed by atoms with Crippen molar-refractivity contribution in [2.75, 3.05) is 11.4 Å². The summed E-state index contributed by atoms with van der Waals surface area (Å²) in [6.45, 7) is 7.50. The van der Waals surface area contributed by atoms with Gasteiger partial charge in [0.25, 0.3) is 17.6 Å². The molecule has 2 unspecified atom stereocenters. The number of imide groups is 1. The van der Waals surface area contributed by atoms with Crippen LogP contribution < -0.4 is 22.1 Å². The number of benzene rings is 1. The third kappa shape index (κ3) is 7.90. The average Bonchev–Trinajstić information content (AvgIpc) is 2.72. The Kier molecular flexibility index (Phi) is 10.7. The van der Waals surface area contributed by atoms with E-state index in [1.54, 1.807) is 13.8 Å². The molecule has 0 fully saturated rings. The number of Topliss-reactive ketones (excluding diaryl/α,β-unsaturated/α-hetero) is 1. The van der Waals surface area contributed by atoms with Crippen LogP contribution in [0.25, 0.3) is 0 Å². The van der Waals surface area contributed by atoms with Gasteiger partial charge in [-0.05, 0) is 55.3 Å². The molecule has 0 aliphatic rings. The Balaban J connectivity index is 3.64. The molecule has 0 spiro atoms. The first-order chi connectivity index (χ1) is 15.2. The van der Waals surface area contributed by atoms with E-state index in [4.69, 9.17) is 17.2 Å². The SMILES string of the molecule is CC(C)CC(N)C(=O)N(C(=O)C(N)CCCCN)c1ccc(C(C)C)cc1C(=O)C(F)(F)F. The Morgan fingerprint density at radius 2 is 1.55 bits per heavy atom. The summed E-state index contributed by atoms with van der Waals surface area (Å²) in [5, 5.41) is 0. The Bertz CT molecular complexity index is 841. The van der Waals surface area contributed by atoms with Gasteiger partial charge in [0.05, 0.1) is 23.3 Å². The molecule has 0 saturated carbocycles. The number of hydrogen-bond donors (Lipinski definition) is 3. The molecule has 0 bridgehead atoms. The van der Waals surface area contributed by atoms with E-state index in [2.05, 4.69) is 0 Å². The van der Waals surface area contributed by atoms with Crippen molar-refractivity contribution in [3.05, 3.63) is 29.3 Å². The lowest BCUT2D eigenvalue weighted by molar-refractivity contribution is -0.128. The quantitative estimate of drug-likeness (QED) is 0.335. The molecule has 1 aromatic rings. The van der Waals surface area contributed by atoms with E-state index >= 15 is 0 Å². The van der Waals surface area contributed by atoms with Crippen molar-refractivity contribution < 1.29 is 27.6 Å². The first kappa shape index (κ1) is 28.7. The number of carbonyl (C=O) groups excluding carboxylic acids is 3. The summed E-state index contributed by atoms with van der Waals surface area (Å²) < 4.78 is 40.2. The monoisotopic (exact) mass is 472 g/mol. The summed E-state index contributed by atoms with van der Waals surface area (Å²) in [6, 6.07) is 1.39. The minimum Gasteiger partial charge on any atom is -0.330 e. The minimum absolute atomic E-state index is 0.0151. The second-order valence-electron chi connectivity index (χ2n) is 8.90. The van der Waals surface area contributed by atoms with Gasteiger partial charge in [0, 0.05) is 0 Å². The number of anilines is 1. The molecule has 33 heavy (non-hydrogen) atoms. The maximum absolute atomic E-state index is 13.4. The fraction of sp³-hybridized carbons (Fsp3) is 0.609. The molecule has 2 amide bonds. The smallest absolute Gasteiger partial charge is 0.330 e. The number of amides is 2. The van der Waals surface area contributed by atoms with Crippen molar-refractivity contribution in [2.24, 2.45) is 23.1 Å². The number of alkyl halides is 3. The fourth-order valence-electron chi connectivity index (χ4n) is 3.36. The van der Waals surface area contributed by atoms with E-state index in [0.717, 1.165) is 6.07 Å². The van der Waals surface area contributed by atoms with Crippen LogP contribution in [-0.4, -0.2) is 42.4 Å². The molecule has 0 heterocycles. The first-order valence-electron chi connectivity index (χ1n) is 11.1. The van der Waals surface area contributed by atoms with Gasteiger partial charge in [-0.25, -0.2) is 4.90 Å². The Labute approximate surface area is 192 Å². The zero-order valence-electron chi connectivity index (χ0n) is 19.6. The molecule has 0 aliphatic heterocycles. The van der Waals surface area contributed by atoms with E-state index in [1.807, 2.05) is 13.8 Å². The summed E-state index contributed by atoms with van der Waals surface area (Å²) in [7, 11) is 0. The van der Waals surface area contributed by atoms with Crippen molar-refractivity contribution in [1.29, 1.82) is 0 Å². The molecule has 7 nitrogen and oxygen atoms in total. The molecular formula is C23H35F3N4O3. The fourth-order valence-corrected chi connectivity index (χ4v) is 3.36. The maximum atomic E-state index is 13.4. The zero-order valence-corrected chi connectivity index (χ0v) is 19.6. The van der Waals surface area contributed by atoms with Crippen LogP contribution in [0.15, 0.2) is 18.2 Å². The Morgan fingerprint density at radius 1 is 0.970 bits per heavy atom. The summed E-state index contributed by atoms with van der Waals surface area (Å²) in [5.74, 6) is -4.18. The van der Waals surface area contributed by atoms with Crippen molar-refractivity contribution in [3.8, 4) is 0 Å². The highest BCUT2D eigenvalue weighted by molar-refractivity contribution is 6.21. The number of nitrogens with zero attached hydrogens (tertiary/aromatic N) is 1. The molecule has 0 radical (unpaired) electrons. The van der Waals surface area contributed by atoms with E-state index in [0.29, 0.717) is 29.8 Å². The van der Waals surface area contributed by atoms with Crippen LogP contribution in [0.5, 0.6) is 0 Å². The predicted octanol–water partition coefficient (Wildman–Crippen LogP) is 3.24. The third-order valence-corrected chi connectivity index (χ3v) is 5.20. The standard InChI is InChI=1S/C23H35F3N4O3/c1-13(2)11-18(29)22(33)30(21(32)17(28)7-5-6-10-27)19-9-8-15(14(3)4)12-16(19)20(31)23(24,25)26/h8-9,12-14,17-18H,5-7,10-11,27-29H2,1-4H3. The van der Waals surface area contributed by atoms with Gasteiger partial charge in [0.2, 0.25) is 0 Å². The lowest BCUT2D eigenvalue weighted by atomic mass is 9.95. The largest absolute Gasteiger partial charge is 0.454 e. The zero-order chi connectivity index (χ0) is 25.5. The number of ketones is 1. The van der Waals surface area contributed by atoms with Crippen LogP contribution in [0, 0.1) is 5.92 Å². The summed E-state index contributed by atoms with van der Waals surface area (Å²) in [5.41, 5.74) is 16.6. The van der Waals surface area contributed by atoms with E-state index in [-0.39, 0.29) is 24.7 Å². The number of rotatable bonds is 11. The van der Waals surface area contributed by atoms with Crippen molar-refractivity contribution >= 4 is 23.3 Å². The van der Waals surface area contributed by atoms with Gasteiger partial charge in [-0.2, -0.15) is 13.2 Å². The number of hydrogen-bond acceptors (Lipinski definition) is 6. The predicted molar refractivity (Wildman–Crippen MR) is 122 cm³/mol. The molecule has 6 N–H and O–H groups in total. The molecule has 2 atom stereocenters. The van der Waals surface area contributed by atoms with Crippen LogP contribution in [-0.2, 0) is 9.59 Å². The van der Waals surface area contributed by atoms with Gasteiger partial charge in [0.15, 0.2) is 0 Å². The van der Waals surface area contributed by atoms with Crippen LogP contribution >= 0.6 is 0 Å². The molecular weight excluding hydrogens is 437 g/mol. The van der Waals surface area contributed by atoms with Gasteiger partial charge in [-0.15, -0.1) is 0 Å². The Hall–Kier alpha value is -2.30. The van der Waals surface area contributed by atoms with Crippen molar-refractivity contribution in [3.63, 3.8) is 0 Å². The van der Waals surface area contributed by atoms with Gasteiger partial charge in [-0.3, -0.25) is 14.4 Å². The molecule has 1 rings (SSSR count). The highest BCUT2D eigenvalue weighted by Gasteiger charge is 2.43. The molecule has 0 saturated heterocycles. The van der Waals surface area contributed by atoms with Crippen LogP contribution in [0.2, 0.25) is 0 Å². The average molecular weight is 473 g/mol. The lowest BCUT2D eigenvalue weighted by Crippen LogP contribution is -2.53. The second-order valence-corrected chi connectivity index (χ2v) is 8.90. The summed E-state index contributed by atoms with van der Waals surface area (Å²) in [4.78, 5) is 39.3. The number of carbonyl (C=O) groups is 3. The molecule has 10 heteroatoms. The minimum atomic E-state index is -5.20. The van der Waals surface area contributed by atoms with E-state index in [9.17, 15) is 27.6 Å². The third-order valence-electron chi connectivity index (χ3n) is 5.20. The number of halogens is 3. The van der Waals surface area contributed by atoms with E-state index in [1.165, 1.54) is 12.1 Å². The molecule has 0 aliphatic carbocycles. The number of nitrogens with two attached hydrogens (primary N) is 3. The normalized spacial score (nSPS) is 13.8. The highest BCUT2D eigenvalue weighted by atomic mass is 19.4. The Morgan fingerprint density at radius 3 is 2.03 bits per heavy atom. The van der Waals surface area contributed by atoms with Gasteiger partial charge < -0.3 is 17.2 Å². The topological polar surface area (TPSA) is 133 Å². The van der Waals surface area contributed by atoms with Gasteiger partial charge in [0.1, 0.15) is 0 Å². The molecule has 1 aromatic carbocycles. The van der Waals surface area contributed by atoms with Crippen LogP contribution in [0.4, 0.5) is 18.9 Å². The number of unbranched alkanes of at least 4 members (excludes halogenated alkanes) is 1.